The SMILES string of the molecule is CC(C)N1CC[C@H](c2ccnc3c(C(=O)N(C)C)cnn23)C1. The number of aromatic nitrogens is 3. The van der Waals surface area contributed by atoms with Crippen molar-refractivity contribution < 1.29 is 4.79 Å². The Balaban J connectivity index is 1.97. The van der Waals surface area contributed by atoms with Crippen LogP contribution in [0.25, 0.3) is 5.65 Å². The molecule has 0 bridgehead atoms. The van der Waals surface area contributed by atoms with Gasteiger partial charge in [-0.2, -0.15) is 5.10 Å². The smallest absolute Gasteiger partial charge is 0.258 e. The molecule has 6 nitrogen and oxygen atoms in total. The molecule has 1 saturated heterocycles. The third-order valence-electron chi connectivity index (χ3n) is 4.44. The van der Waals surface area contributed by atoms with Crippen LogP contribution in [0.5, 0.6) is 0 Å². The molecule has 0 spiro atoms. The van der Waals surface area contributed by atoms with E-state index < -0.39 is 0 Å². The summed E-state index contributed by atoms with van der Waals surface area (Å²) in [4.78, 5) is 20.6. The average Bonchev–Trinajstić information content (AvgIpc) is 3.13. The Morgan fingerprint density at radius 3 is 2.82 bits per heavy atom. The van der Waals surface area contributed by atoms with Crippen molar-refractivity contribution >= 4 is 11.6 Å². The zero-order valence-electron chi connectivity index (χ0n) is 13.7. The van der Waals surface area contributed by atoms with Crippen LogP contribution in [0.2, 0.25) is 0 Å². The van der Waals surface area contributed by atoms with Crippen molar-refractivity contribution in [2.24, 2.45) is 0 Å². The fourth-order valence-electron chi connectivity index (χ4n) is 3.11. The van der Waals surface area contributed by atoms with Gasteiger partial charge in [-0.05, 0) is 32.9 Å². The zero-order chi connectivity index (χ0) is 15.9. The van der Waals surface area contributed by atoms with Crippen molar-refractivity contribution in [3.63, 3.8) is 0 Å². The van der Waals surface area contributed by atoms with Crippen LogP contribution in [0.15, 0.2) is 18.5 Å². The highest BCUT2D eigenvalue weighted by molar-refractivity contribution is 5.99. The number of fused-ring (bicyclic) bond motifs is 1. The van der Waals surface area contributed by atoms with Gasteiger partial charge in [0.1, 0.15) is 5.56 Å². The van der Waals surface area contributed by atoms with Crippen LogP contribution >= 0.6 is 0 Å². The number of carbonyl (C=O) groups excluding carboxylic acids is 1. The lowest BCUT2D eigenvalue weighted by molar-refractivity contribution is 0.0829. The predicted octanol–water partition coefficient (Wildman–Crippen LogP) is 1.63. The molecule has 2 aromatic rings. The van der Waals surface area contributed by atoms with E-state index in [4.69, 9.17) is 0 Å². The van der Waals surface area contributed by atoms with Gasteiger partial charge in [0.15, 0.2) is 5.65 Å². The van der Waals surface area contributed by atoms with Gasteiger partial charge in [-0.15, -0.1) is 0 Å². The second-order valence-corrected chi connectivity index (χ2v) is 6.44. The van der Waals surface area contributed by atoms with Crippen molar-refractivity contribution in [1.82, 2.24) is 24.4 Å². The van der Waals surface area contributed by atoms with Gasteiger partial charge >= 0.3 is 0 Å². The minimum Gasteiger partial charge on any atom is -0.345 e. The Kier molecular flexibility index (Phi) is 3.87. The lowest BCUT2D eigenvalue weighted by Gasteiger charge is -2.20. The molecule has 0 aromatic carbocycles. The van der Waals surface area contributed by atoms with Crippen LogP contribution in [0, 0.1) is 0 Å². The lowest BCUT2D eigenvalue weighted by atomic mass is 10.0. The molecule has 0 aliphatic carbocycles. The summed E-state index contributed by atoms with van der Waals surface area (Å²) < 4.78 is 1.84. The van der Waals surface area contributed by atoms with Crippen LogP contribution in [-0.4, -0.2) is 63.5 Å². The number of nitrogens with zero attached hydrogens (tertiary/aromatic N) is 5. The van der Waals surface area contributed by atoms with E-state index in [1.54, 1.807) is 31.4 Å². The maximum absolute atomic E-state index is 12.2. The van der Waals surface area contributed by atoms with E-state index in [2.05, 4.69) is 28.8 Å². The van der Waals surface area contributed by atoms with Crippen molar-refractivity contribution in [2.75, 3.05) is 27.2 Å². The number of rotatable bonds is 3. The zero-order valence-corrected chi connectivity index (χ0v) is 13.7. The number of likely N-dealkylation sites (tertiary alicyclic amines) is 1. The minimum atomic E-state index is -0.0603. The largest absolute Gasteiger partial charge is 0.345 e. The number of hydrogen-bond acceptors (Lipinski definition) is 4. The molecule has 1 atom stereocenters. The Hall–Kier alpha value is -1.95. The predicted molar refractivity (Wildman–Crippen MR) is 85.1 cm³/mol. The van der Waals surface area contributed by atoms with Crippen molar-refractivity contribution in [3.05, 3.63) is 29.7 Å². The summed E-state index contributed by atoms with van der Waals surface area (Å²) in [6, 6.07) is 2.59. The summed E-state index contributed by atoms with van der Waals surface area (Å²) in [5, 5.41) is 4.42. The summed E-state index contributed by atoms with van der Waals surface area (Å²) >= 11 is 0. The molecule has 1 aliphatic heterocycles. The van der Waals surface area contributed by atoms with Gasteiger partial charge in [-0.1, -0.05) is 0 Å². The highest BCUT2D eigenvalue weighted by Gasteiger charge is 2.28. The molecule has 1 amide bonds. The van der Waals surface area contributed by atoms with Crippen LogP contribution in [0.3, 0.4) is 0 Å². The summed E-state index contributed by atoms with van der Waals surface area (Å²) in [5.74, 6) is 0.380. The first-order valence-corrected chi connectivity index (χ1v) is 7.77. The van der Waals surface area contributed by atoms with E-state index in [0.717, 1.165) is 25.2 Å². The molecule has 3 rings (SSSR count). The van der Waals surface area contributed by atoms with Crippen molar-refractivity contribution in [2.45, 2.75) is 32.2 Å². The second kappa shape index (κ2) is 5.68. The third kappa shape index (κ3) is 2.47. The Morgan fingerprint density at radius 2 is 2.18 bits per heavy atom. The van der Waals surface area contributed by atoms with Gasteiger partial charge in [0.05, 0.1) is 11.9 Å². The van der Waals surface area contributed by atoms with E-state index in [0.29, 0.717) is 23.2 Å². The Labute approximate surface area is 130 Å². The standard InChI is InChI=1S/C16H23N5O/c1-11(2)20-8-6-12(10-20)14-5-7-17-15-13(9-18-21(14)15)16(22)19(3)4/h5,7,9,11-12H,6,8,10H2,1-4H3/t12-/m0/s1. The van der Waals surface area contributed by atoms with Crippen LogP contribution in [0.4, 0.5) is 0 Å². The molecule has 2 aromatic heterocycles. The van der Waals surface area contributed by atoms with E-state index in [1.165, 1.54) is 0 Å². The first kappa shape index (κ1) is 15.0. The molecule has 22 heavy (non-hydrogen) atoms. The summed E-state index contributed by atoms with van der Waals surface area (Å²) in [5.41, 5.74) is 2.36. The van der Waals surface area contributed by atoms with E-state index in [1.807, 2.05) is 10.6 Å². The van der Waals surface area contributed by atoms with Crippen LogP contribution in [0.1, 0.15) is 42.2 Å². The van der Waals surface area contributed by atoms with Crippen LogP contribution < -0.4 is 0 Å². The first-order valence-electron chi connectivity index (χ1n) is 7.77. The monoisotopic (exact) mass is 301 g/mol. The molecule has 1 aliphatic rings. The highest BCUT2D eigenvalue weighted by atomic mass is 16.2. The van der Waals surface area contributed by atoms with E-state index >= 15 is 0 Å². The fourth-order valence-corrected chi connectivity index (χ4v) is 3.11. The molecular weight excluding hydrogens is 278 g/mol. The summed E-state index contributed by atoms with van der Waals surface area (Å²) in [7, 11) is 3.49. The maximum atomic E-state index is 12.2. The van der Waals surface area contributed by atoms with E-state index in [-0.39, 0.29) is 5.91 Å². The van der Waals surface area contributed by atoms with Crippen LogP contribution in [-0.2, 0) is 0 Å². The molecule has 1 fully saturated rings. The quantitative estimate of drug-likeness (QED) is 0.864. The van der Waals surface area contributed by atoms with Gasteiger partial charge in [0.2, 0.25) is 0 Å². The van der Waals surface area contributed by atoms with Crippen molar-refractivity contribution in [1.29, 1.82) is 0 Å². The van der Waals surface area contributed by atoms with Gasteiger partial charge in [-0.3, -0.25) is 4.79 Å². The molecule has 3 heterocycles. The molecule has 0 unspecified atom stereocenters. The topological polar surface area (TPSA) is 53.7 Å². The molecule has 118 valence electrons. The molecule has 0 saturated carbocycles. The number of hydrogen-bond donors (Lipinski definition) is 0. The summed E-state index contributed by atoms with van der Waals surface area (Å²) in [6.07, 6.45) is 4.54. The van der Waals surface area contributed by atoms with Gasteiger partial charge in [-0.25, -0.2) is 9.50 Å². The maximum Gasteiger partial charge on any atom is 0.258 e. The van der Waals surface area contributed by atoms with Gasteiger partial charge in [0.25, 0.3) is 5.91 Å². The molecular formula is C16H23N5O. The minimum absolute atomic E-state index is 0.0603. The van der Waals surface area contributed by atoms with Gasteiger partial charge < -0.3 is 9.80 Å². The second-order valence-electron chi connectivity index (χ2n) is 6.44. The number of carbonyl (C=O) groups is 1. The highest BCUT2D eigenvalue weighted by Crippen LogP contribution is 2.28. The Bertz CT molecular complexity index is 691. The third-order valence-corrected chi connectivity index (χ3v) is 4.44. The summed E-state index contributed by atoms with van der Waals surface area (Å²) in [6.45, 7) is 6.60. The molecule has 0 N–H and O–H groups in total. The normalized spacial score (nSPS) is 19.2. The Morgan fingerprint density at radius 1 is 1.41 bits per heavy atom. The lowest BCUT2D eigenvalue weighted by Crippen LogP contribution is -2.28. The molecule has 6 heteroatoms. The first-order chi connectivity index (χ1) is 10.5. The number of amides is 1. The molecule has 0 radical (unpaired) electrons. The average molecular weight is 301 g/mol. The fraction of sp³-hybridized carbons (Fsp3) is 0.562. The van der Waals surface area contributed by atoms with E-state index in [9.17, 15) is 4.79 Å². The van der Waals surface area contributed by atoms with Gasteiger partial charge in [0, 0.05) is 38.8 Å². The van der Waals surface area contributed by atoms with Crippen molar-refractivity contribution in [3.8, 4) is 0 Å².